The number of amides is 1. The Hall–Kier alpha value is -2.01. The predicted molar refractivity (Wildman–Crippen MR) is 84.3 cm³/mol. The van der Waals surface area contributed by atoms with Gasteiger partial charge in [-0.05, 0) is 52.3 Å². The first kappa shape index (κ1) is 14.4. The molecule has 0 aliphatic rings. The topological polar surface area (TPSA) is 50.4 Å². The minimum absolute atomic E-state index is 0.0275. The van der Waals surface area contributed by atoms with E-state index in [9.17, 15) is 4.79 Å². The average Bonchev–Trinajstić information content (AvgIpc) is 2.48. The number of ether oxygens (including phenoxy) is 1. The molecule has 0 atom stereocenters. The summed E-state index contributed by atoms with van der Waals surface area (Å²) in [5.41, 5.74) is 1.72. The van der Waals surface area contributed by atoms with Gasteiger partial charge in [0.15, 0.2) is 6.61 Å². The van der Waals surface area contributed by atoms with Crippen LogP contribution in [0.3, 0.4) is 0 Å². The second-order valence-electron chi connectivity index (χ2n) is 4.09. The predicted octanol–water partition coefficient (Wildman–Crippen LogP) is 3.51. The van der Waals surface area contributed by atoms with E-state index in [2.05, 4.69) is 26.6 Å². The molecule has 5 heteroatoms. The quantitative estimate of drug-likeness (QED) is 0.879. The number of hydrogen-bond donors (Lipinski definition) is 2. The summed E-state index contributed by atoms with van der Waals surface area (Å²) in [5, 5.41) is 5.80. The molecule has 0 saturated heterocycles. The number of halogens is 1. The zero-order valence-electron chi connectivity index (χ0n) is 11.0. The fourth-order valence-corrected chi connectivity index (χ4v) is 2.00. The minimum Gasteiger partial charge on any atom is -0.484 e. The first-order valence-electron chi connectivity index (χ1n) is 6.14. The maximum absolute atomic E-state index is 11.8. The minimum atomic E-state index is -0.199. The molecule has 0 unspecified atom stereocenters. The van der Waals surface area contributed by atoms with Crippen molar-refractivity contribution in [1.82, 2.24) is 0 Å². The Morgan fingerprint density at radius 2 is 1.85 bits per heavy atom. The Morgan fingerprint density at radius 3 is 2.50 bits per heavy atom. The number of benzene rings is 2. The van der Waals surface area contributed by atoms with E-state index >= 15 is 0 Å². The summed E-state index contributed by atoms with van der Waals surface area (Å²) in [7, 11) is 1.85. The van der Waals surface area contributed by atoms with Gasteiger partial charge in [0, 0.05) is 17.2 Å². The van der Waals surface area contributed by atoms with Crippen molar-refractivity contribution in [3.05, 3.63) is 53.0 Å². The van der Waals surface area contributed by atoms with Crippen molar-refractivity contribution in [3.8, 4) is 5.75 Å². The normalized spacial score (nSPS) is 9.90. The van der Waals surface area contributed by atoms with Crippen LogP contribution >= 0.6 is 15.9 Å². The van der Waals surface area contributed by atoms with Gasteiger partial charge in [-0.25, -0.2) is 0 Å². The van der Waals surface area contributed by atoms with Crippen molar-refractivity contribution >= 4 is 33.2 Å². The van der Waals surface area contributed by atoms with Crippen LogP contribution in [-0.4, -0.2) is 19.6 Å². The van der Waals surface area contributed by atoms with E-state index in [-0.39, 0.29) is 12.5 Å². The number of anilines is 2. The second-order valence-corrected chi connectivity index (χ2v) is 4.95. The lowest BCUT2D eigenvalue weighted by Crippen LogP contribution is -2.20. The summed E-state index contributed by atoms with van der Waals surface area (Å²) in [6, 6.07) is 14.9. The molecule has 0 aliphatic heterocycles. The lowest BCUT2D eigenvalue weighted by molar-refractivity contribution is -0.118. The molecule has 20 heavy (non-hydrogen) atoms. The zero-order chi connectivity index (χ0) is 14.4. The molecule has 0 saturated carbocycles. The third-order valence-corrected chi connectivity index (χ3v) is 3.35. The van der Waals surface area contributed by atoms with E-state index in [1.807, 2.05) is 55.6 Å². The first-order valence-corrected chi connectivity index (χ1v) is 6.93. The Morgan fingerprint density at radius 1 is 1.15 bits per heavy atom. The highest BCUT2D eigenvalue weighted by atomic mass is 79.9. The van der Waals surface area contributed by atoms with Gasteiger partial charge in [-0.2, -0.15) is 0 Å². The fourth-order valence-electron chi connectivity index (χ4n) is 1.62. The smallest absolute Gasteiger partial charge is 0.262 e. The Labute approximate surface area is 126 Å². The Kier molecular flexibility index (Phi) is 5.01. The average molecular weight is 335 g/mol. The standard InChI is InChI=1S/C15H15BrN2O2/c1-17-11-6-8-12(9-7-11)20-10-15(19)18-14-5-3-2-4-13(14)16/h2-9,17H,10H2,1H3,(H,18,19). The molecule has 0 aliphatic carbocycles. The third kappa shape index (κ3) is 3.99. The molecule has 2 rings (SSSR count). The summed E-state index contributed by atoms with van der Waals surface area (Å²) in [6.07, 6.45) is 0. The molecule has 0 aromatic heterocycles. The SMILES string of the molecule is CNc1ccc(OCC(=O)Nc2ccccc2Br)cc1. The maximum Gasteiger partial charge on any atom is 0.262 e. The summed E-state index contributed by atoms with van der Waals surface area (Å²) in [4.78, 5) is 11.8. The van der Waals surface area contributed by atoms with Crippen LogP contribution in [0.25, 0.3) is 0 Å². The van der Waals surface area contributed by atoms with Crippen LogP contribution < -0.4 is 15.4 Å². The molecular weight excluding hydrogens is 320 g/mol. The van der Waals surface area contributed by atoms with Crippen LogP contribution in [0.5, 0.6) is 5.75 Å². The highest BCUT2D eigenvalue weighted by Gasteiger charge is 2.05. The van der Waals surface area contributed by atoms with Gasteiger partial charge in [0.25, 0.3) is 5.91 Å². The zero-order valence-corrected chi connectivity index (χ0v) is 12.6. The number of carbonyl (C=O) groups is 1. The highest BCUT2D eigenvalue weighted by Crippen LogP contribution is 2.21. The first-order chi connectivity index (χ1) is 9.69. The Bertz CT molecular complexity index is 585. The van der Waals surface area contributed by atoms with Gasteiger partial charge in [-0.3, -0.25) is 4.79 Å². The number of hydrogen-bond acceptors (Lipinski definition) is 3. The molecule has 0 spiro atoms. The molecule has 0 heterocycles. The maximum atomic E-state index is 11.8. The monoisotopic (exact) mass is 334 g/mol. The number of para-hydroxylation sites is 1. The van der Waals surface area contributed by atoms with Crippen molar-refractivity contribution in [1.29, 1.82) is 0 Å². The van der Waals surface area contributed by atoms with Crippen LogP contribution in [-0.2, 0) is 4.79 Å². The fraction of sp³-hybridized carbons (Fsp3) is 0.133. The molecule has 4 nitrogen and oxygen atoms in total. The highest BCUT2D eigenvalue weighted by molar-refractivity contribution is 9.10. The van der Waals surface area contributed by atoms with Crippen molar-refractivity contribution < 1.29 is 9.53 Å². The van der Waals surface area contributed by atoms with Gasteiger partial charge in [-0.15, -0.1) is 0 Å². The molecule has 0 bridgehead atoms. The van der Waals surface area contributed by atoms with Gasteiger partial charge in [0.1, 0.15) is 5.75 Å². The molecule has 2 aromatic rings. The summed E-state index contributed by atoms with van der Waals surface area (Å²) >= 11 is 3.37. The van der Waals surface area contributed by atoms with Gasteiger partial charge in [-0.1, -0.05) is 12.1 Å². The van der Waals surface area contributed by atoms with Crippen LogP contribution in [0.1, 0.15) is 0 Å². The van der Waals surface area contributed by atoms with Crippen molar-refractivity contribution in [2.75, 3.05) is 24.3 Å². The van der Waals surface area contributed by atoms with Crippen molar-refractivity contribution in [2.45, 2.75) is 0 Å². The van der Waals surface area contributed by atoms with E-state index in [0.717, 1.165) is 15.8 Å². The lowest BCUT2D eigenvalue weighted by atomic mass is 10.3. The molecule has 104 valence electrons. The van der Waals surface area contributed by atoms with Crippen LogP contribution in [0.2, 0.25) is 0 Å². The number of carbonyl (C=O) groups excluding carboxylic acids is 1. The summed E-state index contributed by atoms with van der Waals surface area (Å²) in [6.45, 7) is -0.0275. The van der Waals surface area contributed by atoms with E-state index in [1.54, 1.807) is 0 Å². The molecule has 1 amide bonds. The largest absolute Gasteiger partial charge is 0.484 e. The van der Waals surface area contributed by atoms with Gasteiger partial charge >= 0.3 is 0 Å². The van der Waals surface area contributed by atoms with Crippen molar-refractivity contribution in [2.24, 2.45) is 0 Å². The third-order valence-electron chi connectivity index (χ3n) is 2.66. The number of nitrogens with one attached hydrogen (secondary N) is 2. The lowest BCUT2D eigenvalue weighted by Gasteiger charge is -2.09. The molecule has 0 radical (unpaired) electrons. The van der Waals surface area contributed by atoms with E-state index in [4.69, 9.17) is 4.74 Å². The van der Waals surface area contributed by atoms with E-state index in [0.29, 0.717) is 5.75 Å². The van der Waals surface area contributed by atoms with Crippen LogP contribution in [0.15, 0.2) is 53.0 Å². The van der Waals surface area contributed by atoms with E-state index in [1.165, 1.54) is 0 Å². The Balaban J connectivity index is 1.87. The van der Waals surface area contributed by atoms with Crippen LogP contribution in [0, 0.1) is 0 Å². The molecule has 0 fully saturated rings. The van der Waals surface area contributed by atoms with Gasteiger partial charge in [0.05, 0.1) is 5.69 Å². The van der Waals surface area contributed by atoms with E-state index < -0.39 is 0 Å². The molecule has 2 N–H and O–H groups in total. The second kappa shape index (κ2) is 6.96. The molecular formula is C15H15BrN2O2. The summed E-state index contributed by atoms with van der Waals surface area (Å²) in [5.74, 6) is 0.459. The molecule has 2 aromatic carbocycles. The van der Waals surface area contributed by atoms with Crippen molar-refractivity contribution in [3.63, 3.8) is 0 Å². The summed E-state index contributed by atoms with van der Waals surface area (Å²) < 4.78 is 6.26. The van der Waals surface area contributed by atoms with Gasteiger partial charge in [0.2, 0.25) is 0 Å². The van der Waals surface area contributed by atoms with Gasteiger partial charge < -0.3 is 15.4 Å². The number of rotatable bonds is 5. The van der Waals surface area contributed by atoms with Crippen LogP contribution in [0.4, 0.5) is 11.4 Å².